The summed E-state index contributed by atoms with van der Waals surface area (Å²) < 4.78 is 5.49. The highest BCUT2D eigenvalue weighted by atomic mass is 35.5. The topological polar surface area (TPSA) is 36.9 Å². The van der Waals surface area contributed by atoms with Crippen LogP contribution in [0.4, 0.5) is 0 Å². The molecule has 1 aliphatic heterocycles. The summed E-state index contributed by atoms with van der Waals surface area (Å²) in [7, 11) is 2.12. The lowest BCUT2D eigenvalue weighted by molar-refractivity contribution is 0.181. The number of hydrogen-bond acceptors (Lipinski definition) is 2. The van der Waals surface area contributed by atoms with E-state index in [1.807, 2.05) is 12.1 Å². The van der Waals surface area contributed by atoms with Gasteiger partial charge in [-0.05, 0) is 43.9 Å². The lowest BCUT2D eigenvalue weighted by Crippen LogP contribution is -2.42. The molecule has 1 heterocycles. The van der Waals surface area contributed by atoms with Gasteiger partial charge in [-0.3, -0.25) is 4.99 Å². The molecule has 0 radical (unpaired) electrons. The van der Waals surface area contributed by atoms with E-state index in [1.54, 1.807) is 0 Å². The molecule has 1 atom stereocenters. The van der Waals surface area contributed by atoms with Crippen LogP contribution in [-0.2, 0) is 10.2 Å². The maximum atomic E-state index is 6.17. The predicted octanol–water partition coefficient (Wildman–Crippen LogP) is 3.31. The van der Waals surface area contributed by atoms with Crippen LogP contribution in [0.2, 0.25) is 5.02 Å². The minimum atomic E-state index is 0.183. The van der Waals surface area contributed by atoms with Crippen LogP contribution in [0, 0.1) is 5.92 Å². The van der Waals surface area contributed by atoms with Gasteiger partial charge in [-0.2, -0.15) is 0 Å². The van der Waals surface area contributed by atoms with Crippen molar-refractivity contribution in [2.24, 2.45) is 10.9 Å². The highest BCUT2D eigenvalue weighted by Crippen LogP contribution is 2.48. The number of nitrogens with zero attached hydrogens (tertiary/aromatic N) is 2. The summed E-state index contributed by atoms with van der Waals surface area (Å²) in [6.45, 7) is 6.58. The van der Waals surface area contributed by atoms with Gasteiger partial charge < -0.3 is 15.0 Å². The van der Waals surface area contributed by atoms with E-state index in [0.29, 0.717) is 5.92 Å². The Morgan fingerprint density at radius 3 is 2.92 bits per heavy atom. The van der Waals surface area contributed by atoms with Crippen LogP contribution in [0.25, 0.3) is 0 Å². The molecule has 132 valence electrons. The lowest BCUT2D eigenvalue weighted by Gasteiger charge is -2.25. The van der Waals surface area contributed by atoms with Gasteiger partial charge in [0.2, 0.25) is 0 Å². The van der Waals surface area contributed by atoms with Crippen molar-refractivity contribution in [2.45, 2.75) is 31.6 Å². The number of rotatable bonds is 6. The van der Waals surface area contributed by atoms with Gasteiger partial charge in [-0.25, -0.2) is 0 Å². The molecule has 2 fully saturated rings. The number of nitrogens with one attached hydrogen (secondary N) is 1. The van der Waals surface area contributed by atoms with E-state index in [0.717, 1.165) is 50.3 Å². The van der Waals surface area contributed by atoms with Crippen molar-refractivity contribution in [3.8, 4) is 0 Å². The number of benzene rings is 1. The van der Waals surface area contributed by atoms with E-state index >= 15 is 0 Å². The van der Waals surface area contributed by atoms with E-state index in [4.69, 9.17) is 21.3 Å². The number of hydrogen-bond donors (Lipinski definition) is 1. The second-order valence-corrected chi connectivity index (χ2v) is 7.51. The molecule has 3 rings (SSSR count). The van der Waals surface area contributed by atoms with E-state index in [-0.39, 0.29) is 5.41 Å². The van der Waals surface area contributed by atoms with Gasteiger partial charge in [-0.1, -0.05) is 23.7 Å². The van der Waals surface area contributed by atoms with E-state index in [9.17, 15) is 0 Å². The molecule has 1 aliphatic carbocycles. The zero-order valence-corrected chi connectivity index (χ0v) is 15.5. The first-order valence-electron chi connectivity index (χ1n) is 8.96. The zero-order chi connectivity index (χ0) is 17.0. The molecule has 2 aliphatic rings. The smallest absolute Gasteiger partial charge is 0.193 e. The Morgan fingerprint density at radius 1 is 1.46 bits per heavy atom. The fourth-order valence-corrected chi connectivity index (χ4v) is 3.59. The third kappa shape index (κ3) is 4.22. The molecule has 24 heavy (non-hydrogen) atoms. The molecule has 1 aromatic carbocycles. The fourth-order valence-electron chi connectivity index (χ4n) is 3.40. The summed E-state index contributed by atoms with van der Waals surface area (Å²) in [4.78, 5) is 7.19. The summed E-state index contributed by atoms with van der Waals surface area (Å²) in [5, 5.41) is 4.24. The Morgan fingerprint density at radius 2 is 2.29 bits per heavy atom. The van der Waals surface area contributed by atoms with Crippen LogP contribution in [0.5, 0.6) is 0 Å². The SMILES string of the molecule is CCNC(=NCC1(c2cccc(Cl)c2)CC1)N(C)CC1CCOC1. The number of halogens is 1. The number of ether oxygens (including phenoxy) is 1. The number of aliphatic imine (C=N–C) groups is 1. The Bertz CT molecular complexity index is 580. The summed E-state index contributed by atoms with van der Waals surface area (Å²) in [6, 6.07) is 8.25. The van der Waals surface area contributed by atoms with Gasteiger partial charge in [0.15, 0.2) is 5.96 Å². The Balaban J connectivity index is 1.66. The summed E-state index contributed by atoms with van der Waals surface area (Å²) >= 11 is 6.17. The second kappa shape index (κ2) is 7.75. The van der Waals surface area contributed by atoms with Gasteiger partial charge in [0.1, 0.15) is 0 Å². The molecule has 0 bridgehead atoms. The normalized spacial score (nSPS) is 22.5. The van der Waals surface area contributed by atoms with Crippen molar-refractivity contribution in [2.75, 3.05) is 39.9 Å². The van der Waals surface area contributed by atoms with Crippen molar-refractivity contribution < 1.29 is 4.74 Å². The van der Waals surface area contributed by atoms with E-state index in [2.05, 4.69) is 36.3 Å². The largest absolute Gasteiger partial charge is 0.381 e. The molecule has 0 spiro atoms. The van der Waals surface area contributed by atoms with Gasteiger partial charge in [0, 0.05) is 43.1 Å². The summed E-state index contributed by atoms with van der Waals surface area (Å²) in [5.41, 5.74) is 1.50. The van der Waals surface area contributed by atoms with Crippen LogP contribution in [-0.4, -0.2) is 50.8 Å². The fraction of sp³-hybridized carbons (Fsp3) is 0.632. The maximum Gasteiger partial charge on any atom is 0.193 e. The van der Waals surface area contributed by atoms with Gasteiger partial charge in [0.25, 0.3) is 0 Å². The standard InChI is InChI=1S/C19H28ClN3O/c1-3-21-18(23(2)12-15-7-10-24-13-15)22-14-19(8-9-19)16-5-4-6-17(20)11-16/h4-6,11,15H,3,7-10,12-14H2,1-2H3,(H,21,22). The molecule has 0 aromatic heterocycles. The average molecular weight is 350 g/mol. The molecule has 1 aromatic rings. The third-order valence-corrected chi connectivity index (χ3v) is 5.31. The monoisotopic (exact) mass is 349 g/mol. The van der Waals surface area contributed by atoms with Crippen LogP contribution < -0.4 is 5.32 Å². The zero-order valence-electron chi connectivity index (χ0n) is 14.7. The Kier molecular flexibility index (Phi) is 5.67. The minimum Gasteiger partial charge on any atom is -0.381 e. The first-order chi connectivity index (χ1) is 11.6. The number of guanidine groups is 1. The van der Waals surface area contributed by atoms with Crippen LogP contribution in [0.3, 0.4) is 0 Å². The molecule has 4 nitrogen and oxygen atoms in total. The van der Waals surface area contributed by atoms with Crippen molar-refractivity contribution in [3.63, 3.8) is 0 Å². The third-order valence-electron chi connectivity index (χ3n) is 5.07. The second-order valence-electron chi connectivity index (χ2n) is 7.07. The molecule has 1 N–H and O–H groups in total. The Hall–Kier alpha value is -1.26. The minimum absolute atomic E-state index is 0.183. The van der Waals surface area contributed by atoms with Crippen LogP contribution in [0.1, 0.15) is 31.7 Å². The average Bonchev–Trinajstić information content (AvgIpc) is 3.20. The summed E-state index contributed by atoms with van der Waals surface area (Å²) in [6.07, 6.45) is 3.53. The van der Waals surface area contributed by atoms with Crippen molar-refractivity contribution in [1.82, 2.24) is 10.2 Å². The molecule has 5 heteroatoms. The van der Waals surface area contributed by atoms with Gasteiger partial charge in [-0.15, -0.1) is 0 Å². The molecule has 1 unspecified atom stereocenters. The van der Waals surface area contributed by atoms with Gasteiger partial charge in [0.05, 0.1) is 13.2 Å². The predicted molar refractivity (Wildman–Crippen MR) is 99.9 cm³/mol. The van der Waals surface area contributed by atoms with Crippen molar-refractivity contribution in [1.29, 1.82) is 0 Å². The summed E-state index contributed by atoms with van der Waals surface area (Å²) in [5.74, 6) is 1.61. The molecule has 0 amide bonds. The first kappa shape index (κ1) is 17.6. The molecule has 1 saturated heterocycles. The van der Waals surface area contributed by atoms with Gasteiger partial charge >= 0.3 is 0 Å². The van der Waals surface area contributed by atoms with E-state index in [1.165, 1.54) is 18.4 Å². The quantitative estimate of drug-likeness (QED) is 0.632. The molecular weight excluding hydrogens is 322 g/mol. The molecule has 1 saturated carbocycles. The highest BCUT2D eigenvalue weighted by molar-refractivity contribution is 6.30. The Labute approximate surface area is 150 Å². The van der Waals surface area contributed by atoms with Crippen LogP contribution in [0.15, 0.2) is 29.3 Å². The highest BCUT2D eigenvalue weighted by Gasteiger charge is 2.44. The van der Waals surface area contributed by atoms with Crippen molar-refractivity contribution in [3.05, 3.63) is 34.9 Å². The lowest BCUT2D eigenvalue weighted by atomic mass is 9.96. The van der Waals surface area contributed by atoms with Crippen molar-refractivity contribution >= 4 is 17.6 Å². The first-order valence-corrected chi connectivity index (χ1v) is 9.34. The molecular formula is C19H28ClN3O. The van der Waals surface area contributed by atoms with Crippen LogP contribution >= 0.6 is 11.6 Å². The van der Waals surface area contributed by atoms with E-state index < -0.39 is 0 Å². The maximum absolute atomic E-state index is 6.17.